The standard InChI is InChI=1S/C36H37N3O3S/c1-23(2)28-16-14-27(15-17-28)21-33(39-35(41)29-10-7-6-8-11-29)36(42)37-30-12-9-13-32(22-30)43-26(5)34(40)38-31-19-24(3)18-25(4)20-31/h6-23,26H,1-5H3,(H,37,42)(H,38,40)(H,39,41)/b33-21+. The van der Waals surface area contributed by atoms with E-state index in [1.165, 1.54) is 17.3 Å². The molecule has 0 aliphatic carbocycles. The molecular weight excluding hydrogens is 554 g/mol. The van der Waals surface area contributed by atoms with Crippen LogP contribution >= 0.6 is 11.8 Å². The maximum Gasteiger partial charge on any atom is 0.272 e. The van der Waals surface area contributed by atoms with E-state index in [1.807, 2.05) is 81.4 Å². The van der Waals surface area contributed by atoms with Gasteiger partial charge in [0, 0.05) is 21.8 Å². The number of hydrogen-bond acceptors (Lipinski definition) is 4. The van der Waals surface area contributed by atoms with Crippen molar-refractivity contribution in [2.24, 2.45) is 0 Å². The third-order valence-electron chi connectivity index (χ3n) is 6.71. The molecule has 0 aromatic heterocycles. The molecule has 4 aromatic carbocycles. The summed E-state index contributed by atoms with van der Waals surface area (Å²) in [5, 5.41) is 8.31. The Labute approximate surface area is 258 Å². The fourth-order valence-electron chi connectivity index (χ4n) is 4.48. The Hall–Kier alpha value is -4.62. The average Bonchev–Trinajstić information content (AvgIpc) is 2.97. The zero-order valence-electron chi connectivity index (χ0n) is 25.1. The smallest absolute Gasteiger partial charge is 0.272 e. The first-order valence-electron chi connectivity index (χ1n) is 14.2. The van der Waals surface area contributed by atoms with Crippen LogP contribution in [-0.4, -0.2) is 23.0 Å². The normalized spacial score (nSPS) is 12.0. The van der Waals surface area contributed by atoms with E-state index in [-0.39, 0.29) is 22.8 Å². The monoisotopic (exact) mass is 591 g/mol. The number of benzene rings is 4. The lowest BCUT2D eigenvalue weighted by Gasteiger charge is -2.15. The van der Waals surface area contributed by atoms with Gasteiger partial charge in [-0.1, -0.05) is 68.4 Å². The van der Waals surface area contributed by atoms with Crippen molar-refractivity contribution in [2.45, 2.75) is 50.7 Å². The summed E-state index contributed by atoms with van der Waals surface area (Å²) < 4.78 is 0. The molecule has 43 heavy (non-hydrogen) atoms. The Bertz CT molecular complexity index is 1610. The highest BCUT2D eigenvalue weighted by atomic mass is 32.2. The number of thioether (sulfide) groups is 1. The van der Waals surface area contributed by atoms with Gasteiger partial charge in [0.2, 0.25) is 5.91 Å². The number of carbonyl (C=O) groups is 3. The molecular formula is C36H37N3O3S. The van der Waals surface area contributed by atoms with E-state index in [4.69, 9.17) is 0 Å². The van der Waals surface area contributed by atoms with Crippen LogP contribution in [0.1, 0.15) is 59.3 Å². The van der Waals surface area contributed by atoms with Gasteiger partial charge in [0.1, 0.15) is 5.70 Å². The summed E-state index contributed by atoms with van der Waals surface area (Å²) in [5.74, 6) is -0.570. The number of amides is 3. The van der Waals surface area contributed by atoms with E-state index in [1.54, 1.807) is 36.4 Å². The van der Waals surface area contributed by atoms with E-state index in [0.29, 0.717) is 17.2 Å². The topological polar surface area (TPSA) is 87.3 Å². The summed E-state index contributed by atoms with van der Waals surface area (Å²) in [5.41, 5.74) is 6.02. The van der Waals surface area contributed by atoms with E-state index in [0.717, 1.165) is 27.3 Å². The molecule has 0 radical (unpaired) electrons. The van der Waals surface area contributed by atoms with Crippen LogP contribution in [0.3, 0.4) is 0 Å². The number of hydrogen-bond donors (Lipinski definition) is 3. The second-order valence-electron chi connectivity index (χ2n) is 10.8. The van der Waals surface area contributed by atoms with E-state index >= 15 is 0 Å². The summed E-state index contributed by atoms with van der Waals surface area (Å²) in [6, 6.07) is 29.9. The molecule has 0 spiro atoms. The van der Waals surface area contributed by atoms with Crippen molar-refractivity contribution < 1.29 is 14.4 Å². The summed E-state index contributed by atoms with van der Waals surface area (Å²) >= 11 is 1.40. The molecule has 3 amide bonds. The van der Waals surface area contributed by atoms with Crippen LogP contribution in [0, 0.1) is 13.8 Å². The number of carbonyl (C=O) groups excluding carboxylic acids is 3. The zero-order valence-corrected chi connectivity index (χ0v) is 25.9. The van der Waals surface area contributed by atoms with Crippen molar-refractivity contribution in [3.8, 4) is 0 Å². The van der Waals surface area contributed by atoms with E-state index in [9.17, 15) is 14.4 Å². The predicted octanol–water partition coefficient (Wildman–Crippen LogP) is 7.96. The summed E-state index contributed by atoms with van der Waals surface area (Å²) in [6.07, 6.45) is 1.66. The molecule has 220 valence electrons. The fourth-order valence-corrected chi connectivity index (χ4v) is 5.41. The van der Waals surface area contributed by atoms with Gasteiger partial charge in [0.15, 0.2) is 0 Å². The molecule has 0 bridgehead atoms. The largest absolute Gasteiger partial charge is 0.325 e. The van der Waals surface area contributed by atoms with Crippen LogP contribution < -0.4 is 16.0 Å². The first-order chi connectivity index (χ1) is 20.6. The van der Waals surface area contributed by atoms with E-state index < -0.39 is 5.91 Å². The molecule has 1 atom stereocenters. The molecule has 1 unspecified atom stereocenters. The lowest BCUT2D eigenvalue weighted by Crippen LogP contribution is -2.30. The van der Waals surface area contributed by atoms with Gasteiger partial charge in [-0.15, -0.1) is 11.8 Å². The van der Waals surface area contributed by atoms with Crippen LogP contribution in [-0.2, 0) is 9.59 Å². The van der Waals surface area contributed by atoms with Crippen molar-refractivity contribution in [3.05, 3.63) is 131 Å². The second kappa shape index (κ2) is 14.5. The van der Waals surface area contributed by atoms with Crippen molar-refractivity contribution in [2.75, 3.05) is 10.6 Å². The molecule has 3 N–H and O–H groups in total. The minimum Gasteiger partial charge on any atom is -0.325 e. The minimum atomic E-state index is -0.458. The molecule has 0 saturated heterocycles. The summed E-state index contributed by atoms with van der Waals surface area (Å²) in [7, 11) is 0. The van der Waals surface area contributed by atoms with Crippen LogP contribution in [0.5, 0.6) is 0 Å². The Balaban J connectivity index is 1.49. The molecule has 4 rings (SSSR count). The third kappa shape index (κ3) is 9.18. The van der Waals surface area contributed by atoms with Gasteiger partial charge in [0.05, 0.1) is 5.25 Å². The van der Waals surface area contributed by atoms with E-state index in [2.05, 4.69) is 35.9 Å². The van der Waals surface area contributed by atoms with Crippen molar-refractivity contribution >= 4 is 46.9 Å². The first-order valence-corrected chi connectivity index (χ1v) is 15.1. The Morgan fingerprint density at radius 2 is 1.40 bits per heavy atom. The number of rotatable bonds is 10. The highest BCUT2D eigenvalue weighted by Gasteiger charge is 2.18. The Morgan fingerprint density at radius 1 is 0.721 bits per heavy atom. The first kappa shape index (κ1) is 31.3. The summed E-state index contributed by atoms with van der Waals surface area (Å²) in [4.78, 5) is 40.2. The maximum absolute atomic E-state index is 13.5. The number of nitrogens with one attached hydrogen (secondary N) is 3. The molecule has 0 heterocycles. The maximum atomic E-state index is 13.5. The molecule has 0 aliphatic heterocycles. The van der Waals surface area contributed by atoms with Gasteiger partial charge in [-0.2, -0.15) is 0 Å². The number of anilines is 2. The van der Waals surface area contributed by atoms with Crippen LogP contribution in [0.25, 0.3) is 6.08 Å². The third-order valence-corrected chi connectivity index (χ3v) is 7.80. The minimum absolute atomic E-state index is 0.109. The van der Waals surface area contributed by atoms with Crippen molar-refractivity contribution in [3.63, 3.8) is 0 Å². The zero-order chi connectivity index (χ0) is 30.9. The average molecular weight is 592 g/mol. The fraction of sp³-hybridized carbons (Fsp3) is 0.194. The van der Waals surface area contributed by atoms with Crippen molar-refractivity contribution in [1.29, 1.82) is 0 Å². The van der Waals surface area contributed by atoms with Crippen LogP contribution in [0.2, 0.25) is 0 Å². The summed E-state index contributed by atoms with van der Waals surface area (Å²) in [6.45, 7) is 10.1. The Morgan fingerprint density at radius 3 is 2.05 bits per heavy atom. The second-order valence-corrected chi connectivity index (χ2v) is 12.2. The molecule has 0 aliphatic rings. The van der Waals surface area contributed by atoms with Crippen LogP contribution in [0.15, 0.2) is 108 Å². The van der Waals surface area contributed by atoms with Gasteiger partial charge < -0.3 is 16.0 Å². The highest BCUT2D eigenvalue weighted by Crippen LogP contribution is 2.27. The van der Waals surface area contributed by atoms with Crippen LogP contribution in [0.4, 0.5) is 11.4 Å². The molecule has 7 heteroatoms. The Kier molecular flexibility index (Phi) is 10.6. The van der Waals surface area contributed by atoms with Gasteiger partial charge in [-0.25, -0.2) is 0 Å². The number of aryl methyl sites for hydroxylation is 2. The molecule has 4 aromatic rings. The SMILES string of the molecule is Cc1cc(C)cc(NC(=O)C(C)Sc2cccc(NC(=O)/C(=C\c3ccc(C(C)C)cc3)NC(=O)c3ccccc3)c2)c1. The predicted molar refractivity (Wildman–Crippen MR) is 177 cm³/mol. The van der Waals surface area contributed by atoms with Gasteiger partial charge in [0.25, 0.3) is 11.8 Å². The van der Waals surface area contributed by atoms with Gasteiger partial charge in [-0.05, 0) is 97.5 Å². The highest BCUT2D eigenvalue weighted by molar-refractivity contribution is 8.00. The van der Waals surface area contributed by atoms with Gasteiger partial charge >= 0.3 is 0 Å². The van der Waals surface area contributed by atoms with Gasteiger partial charge in [-0.3, -0.25) is 14.4 Å². The van der Waals surface area contributed by atoms with Crippen molar-refractivity contribution in [1.82, 2.24) is 5.32 Å². The molecule has 6 nitrogen and oxygen atoms in total. The lowest BCUT2D eigenvalue weighted by molar-refractivity contribution is -0.115. The molecule has 0 saturated carbocycles. The lowest BCUT2D eigenvalue weighted by atomic mass is 10.0. The quantitative estimate of drug-likeness (QED) is 0.129. The molecule has 0 fully saturated rings.